The molecule has 0 atom stereocenters. The van der Waals surface area contributed by atoms with Gasteiger partial charge in [-0.15, -0.1) is 22.7 Å². The smallest absolute Gasteiger partial charge is 0.282 e. The summed E-state index contributed by atoms with van der Waals surface area (Å²) >= 11 is 8.54. The van der Waals surface area contributed by atoms with Gasteiger partial charge < -0.3 is 4.98 Å². The van der Waals surface area contributed by atoms with Crippen LogP contribution in [0.2, 0.25) is 0 Å². The molecule has 0 radical (unpaired) electrons. The first-order valence-electron chi connectivity index (χ1n) is 9.27. The van der Waals surface area contributed by atoms with Crippen molar-refractivity contribution in [3.63, 3.8) is 0 Å². The first-order chi connectivity index (χ1) is 13.1. The lowest BCUT2D eigenvalue weighted by Crippen LogP contribution is -2.34. The lowest BCUT2D eigenvalue weighted by Gasteiger charge is -2.10. The Hall–Kier alpha value is -1.77. The highest BCUT2D eigenvalue weighted by atomic mass is 32.1. The van der Waals surface area contributed by atoms with E-state index in [2.05, 4.69) is 10.4 Å². The molecule has 5 nitrogen and oxygen atoms in total. The van der Waals surface area contributed by atoms with Gasteiger partial charge in [-0.2, -0.15) is 4.68 Å². The van der Waals surface area contributed by atoms with E-state index in [1.165, 1.54) is 22.4 Å². The summed E-state index contributed by atoms with van der Waals surface area (Å²) in [6, 6.07) is 1.86. The summed E-state index contributed by atoms with van der Waals surface area (Å²) in [6.07, 6.45) is 7.49. The van der Waals surface area contributed by atoms with Gasteiger partial charge in [0.05, 0.1) is 10.9 Å². The van der Waals surface area contributed by atoms with Gasteiger partial charge in [-0.25, -0.2) is 0 Å². The largest absolute Gasteiger partial charge is 0.322 e. The predicted octanol–water partition coefficient (Wildman–Crippen LogP) is 4.79. The lowest BCUT2D eigenvalue weighted by atomic mass is 9.98. The number of fused-ring (bicyclic) bond motifs is 3. The Kier molecular flexibility index (Phi) is 5.29. The van der Waals surface area contributed by atoms with Gasteiger partial charge >= 0.3 is 0 Å². The van der Waals surface area contributed by atoms with Crippen molar-refractivity contribution in [2.75, 3.05) is 5.43 Å². The zero-order chi connectivity index (χ0) is 19.0. The quantitative estimate of drug-likeness (QED) is 0.600. The Labute approximate surface area is 170 Å². The number of hydrogen-bond donors (Lipinski definition) is 2. The SMILES string of the molecule is CCc1cc(C(=O)Nn2c(=S)[nH]c3sc4c(c3c2=O)CCCCCC4)cs1. The molecule has 2 N–H and O–H groups in total. The Bertz CT molecular complexity index is 1120. The van der Waals surface area contributed by atoms with Crippen molar-refractivity contribution >= 4 is 51.0 Å². The minimum atomic E-state index is -0.315. The van der Waals surface area contributed by atoms with E-state index in [1.54, 1.807) is 22.7 Å². The van der Waals surface area contributed by atoms with Crippen molar-refractivity contribution in [3.8, 4) is 0 Å². The molecule has 0 bridgehead atoms. The maximum Gasteiger partial charge on any atom is 0.282 e. The van der Waals surface area contributed by atoms with E-state index in [4.69, 9.17) is 12.2 Å². The van der Waals surface area contributed by atoms with Crippen LogP contribution in [0.1, 0.15) is 58.3 Å². The Morgan fingerprint density at radius 3 is 2.81 bits per heavy atom. The van der Waals surface area contributed by atoms with Gasteiger partial charge in [0.25, 0.3) is 11.5 Å². The second-order valence-corrected chi connectivity index (χ2v) is 9.28. The number of aromatic amines is 1. The van der Waals surface area contributed by atoms with Crippen LogP contribution in [0.15, 0.2) is 16.2 Å². The number of thiophene rings is 2. The number of H-pyrrole nitrogens is 1. The molecule has 3 aromatic rings. The average Bonchev–Trinajstić information content (AvgIpc) is 3.23. The number of nitrogens with zero attached hydrogens (tertiary/aromatic N) is 1. The molecule has 3 aromatic heterocycles. The Morgan fingerprint density at radius 2 is 2.07 bits per heavy atom. The average molecular weight is 420 g/mol. The maximum atomic E-state index is 13.2. The number of carbonyl (C=O) groups is 1. The maximum absolute atomic E-state index is 13.2. The molecule has 27 heavy (non-hydrogen) atoms. The van der Waals surface area contributed by atoms with Gasteiger partial charge in [0.1, 0.15) is 4.83 Å². The van der Waals surface area contributed by atoms with Gasteiger partial charge in [-0.05, 0) is 56.0 Å². The molecule has 142 valence electrons. The zero-order valence-corrected chi connectivity index (χ0v) is 17.5. The van der Waals surface area contributed by atoms with Crippen LogP contribution in [0.4, 0.5) is 0 Å². The summed E-state index contributed by atoms with van der Waals surface area (Å²) in [7, 11) is 0. The first kappa shape index (κ1) is 18.6. The third kappa shape index (κ3) is 3.53. The van der Waals surface area contributed by atoms with Crippen molar-refractivity contribution in [1.29, 1.82) is 0 Å². The molecule has 0 unspecified atom stereocenters. The number of aryl methyl sites for hydroxylation is 3. The van der Waals surface area contributed by atoms with Crippen LogP contribution in [0.25, 0.3) is 10.2 Å². The normalized spacial score (nSPS) is 14.6. The van der Waals surface area contributed by atoms with Crippen LogP contribution in [0.3, 0.4) is 0 Å². The molecule has 1 aliphatic carbocycles. The number of carbonyl (C=O) groups excluding carboxylic acids is 1. The van der Waals surface area contributed by atoms with E-state index in [0.717, 1.165) is 47.4 Å². The molecule has 4 rings (SSSR count). The topological polar surface area (TPSA) is 66.9 Å². The Morgan fingerprint density at radius 1 is 1.30 bits per heavy atom. The van der Waals surface area contributed by atoms with Gasteiger partial charge in [-0.3, -0.25) is 15.0 Å². The summed E-state index contributed by atoms with van der Waals surface area (Å²) in [5.74, 6) is -0.315. The van der Waals surface area contributed by atoms with Crippen LogP contribution in [0, 0.1) is 4.77 Å². The standard InChI is InChI=1S/C19H21N3O2S3/c1-2-12-9-11(10-26-12)16(23)21-22-18(24)15-13-7-5-3-4-6-8-14(13)27-17(15)20-19(22)25/h9-10H,2-8H2,1H3,(H,20,25)(H,21,23). The van der Waals surface area contributed by atoms with Gasteiger partial charge in [0.2, 0.25) is 4.77 Å². The molecular formula is C19H21N3O2S3. The van der Waals surface area contributed by atoms with Crippen LogP contribution in [0.5, 0.6) is 0 Å². The van der Waals surface area contributed by atoms with E-state index in [9.17, 15) is 9.59 Å². The highest BCUT2D eigenvalue weighted by Gasteiger charge is 2.20. The number of amides is 1. The highest BCUT2D eigenvalue weighted by molar-refractivity contribution is 7.71. The zero-order valence-electron chi connectivity index (χ0n) is 15.1. The molecule has 0 spiro atoms. The monoisotopic (exact) mass is 419 g/mol. The van der Waals surface area contributed by atoms with E-state index in [-0.39, 0.29) is 16.2 Å². The molecule has 0 aliphatic heterocycles. The van der Waals surface area contributed by atoms with Crippen LogP contribution >= 0.6 is 34.9 Å². The first-order valence-corrected chi connectivity index (χ1v) is 11.4. The van der Waals surface area contributed by atoms with Crippen molar-refractivity contribution in [1.82, 2.24) is 9.66 Å². The molecule has 1 aliphatic rings. The fraction of sp³-hybridized carbons (Fsp3) is 0.421. The minimum Gasteiger partial charge on any atom is -0.322 e. The minimum absolute atomic E-state index is 0.223. The molecule has 1 amide bonds. The van der Waals surface area contributed by atoms with Crippen LogP contribution in [-0.2, 0) is 19.3 Å². The summed E-state index contributed by atoms with van der Waals surface area (Å²) in [5.41, 5.74) is 4.15. The summed E-state index contributed by atoms with van der Waals surface area (Å²) in [4.78, 5) is 32.2. The Balaban J connectivity index is 1.76. The molecular weight excluding hydrogens is 398 g/mol. The summed E-state index contributed by atoms with van der Waals surface area (Å²) in [6.45, 7) is 2.05. The fourth-order valence-corrected chi connectivity index (χ4v) is 5.93. The molecule has 0 fully saturated rings. The van der Waals surface area contributed by atoms with Gasteiger partial charge in [0.15, 0.2) is 0 Å². The van der Waals surface area contributed by atoms with Crippen molar-refractivity contribution < 1.29 is 4.79 Å². The second-order valence-electron chi connectivity index (χ2n) is 6.79. The number of nitrogens with one attached hydrogen (secondary N) is 2. The number of rotatable bonds is 3. The molecule has 0 aromatic carbocycles. The molecule has 8 heteroatoms. The predicted molar refractivity (Wildman–Crippen MR) is 115 cm³/mol. The molecule has 0 saturated carbocycles. The number of hydrogen-bond acceptors (Lipinski definition) is 5. The molecule has 0 saturated heterocycles. The highest BCUT2D eigenvalue weighted by Crippen LogP contribution is 2.32. The van der Waals surface area contributed by atoms with E-state index >= 15 is 0 Å². The van der Waals surface area contributed by atoms with Crippen molar-refractivity contribution in [2.45, 2.75) is 51.9 Å². The fourth-order valence-electron chi connectivity index (χ4n) is 3.54. The molecule has 3 heterocycles. The van der Waals surface area contributed by atoms with Crippen LogP contribution < -0.4 is 11.0 Å². The second kappa shape index (κ2) is 7.69. The summed E-state index contributed by atoms with van der Waals surface area (Å²) < 4.78 is 1.41. The van der Waals surface area contributed by atoms with Gasteiger partial charge in [0, 0.05) is 15.1 Å². The van der Waals surface area contributed by atoms with E-state index < -0.39 is 0 Å². The third-order valence-corrected chi connectivity index (χ3v) is 7.56. The van der Waals surface area contributed by atoms with Crippen LogP contribution in [-0.4, -0.2) is 15.6 Å². The summed E-state index contributed by atoms with van der Waals surface area (Å²) in [5, 5.41) is 2.50. The van der Waals surface area contributed by atoms with Crippen molar-refractivity contribution in [3.05, 3.63) is 47.5 Å². The lowest BCUT2D eigenvalue weighted by molar-refractivity contribution is 0.101. The number of aromatic nitrogens is 2. The van der Waals surface area contributed by atoms with E-state index in [0.29, 0.717) is 10.9 Å². The van der Waals surface area contributed by atoms with Crippen molar-refractivity contribution in [2.24, 2.45) is 0 Å². The van der Waals surface area contributed by atoms with E-state index in [1.807, 2.05) is 18.4 Å². The van der Waals surface area contributed by atoms with Gasteiger partial charge in [-0.1, -0.05) is 19.8 Å². The third-order valence-electron chi connectivity index (χ3n) is 4.99.